The number of carbonyl (C=O) groups excluding carboxylic acids is 2. The van der Waals surface area contributed by atoms with Gasteiger partial charge in [-0.1, -0.05) is 6.07 Å². The van der Waals surface area contributed by atoms with E-state index in [1.807, 2.05) is 0 Å². The third-order valence-corrected chi connectivity index (χ3v) is 5.20. The fraction of sp³-hybridized carbons (Fsp3) is 0.222. The molecule has 1 N–H and O–H groups in total. The van der Waals surface area contributed by atoms with Gasteiger partial charge in [-0.3, -0.25) is 4.72 Å². The summed E-state index contributed by atoms with van der Waals surface area (Å²) in [6.45, 7) is 1.42. The lowest BCUT2D eigenvalue weighted by Gasteiger charge is -2.12. The van der Waals surface area contributed by atoms with Crippen LogP contribution in [0.5, 0.6) is 11.5 Å². The minimum Gasteiger partial charge on any atom is -0.466 e. The standard InChI is InChI=1S/C18H17NO8S/c1-11(17(20)24-2)27-18(21)12-4-3-5-14(8-12)28(22,23)19-13-6-7-15-16(9-13)26-10-25-15/h3-9,11,19H,10H2,1-2H3/t11-/m1/s1. The van der Waals surface area contributed by atoms with Crippen molar-refractivity contribution in [3.63, 3.8) is 0 Å². The number of rotatable bonds is 6. The average Bonchev–Trinajstić information content (AvgIpc) is 3.14. The van der Waals surface area contributed by atoms with Crippen molar-refractivity contribution in [2.24, 2.45) is 0 Å². The molecule has 1 aliphatic heterocycles. The molecule has 28 heavy (non-hydrogen) atoms. The number of anilines is 1. The minimum absolute atomic E-state index is 0.0238. The molecule has 0 bridgehead atoms. The summed E-state index contributed by atoms with van der Waals surface area (Å²) < 4.78 is 47.5. The smallest absolute Gasteiger partial charge is 0.346 e. The number of hydrogen-bond donors (Lipinski definition) is 1. The summed E-state index contributed by atoms with van der Waals surface area (Å²) in [6, 6.07) is 9.87. The van der Waals surface area contributed by atoms with Crippen LogP contribution in [0.4, 0.5) is 5.69 Å². The number of nitrogens with one attached hydrogen (secondary N) is 1. The average molecular weight is 407 g/mol. The van der Waals surface area contributed by atoms with Gasteiger partial charge in [-0.25, -0.2) is 18.0 Å². The second kappa shape index (κ2) is 7.77. The van der Waals surface area contributed by atoms with Crippen LogP contribution in [0.2, 0.25) is 0 Å². The Bertz CT molecular complexity index is 1020. The molecule has 3 rings (SSSR count). The van der Waals surface area contributed by atoms with Crippen molar-refractivity contribution in [2.45, 2.75) is 17.9 Å². The Morgan fingerprint density at radius 2 is 1.86 bits per heavy atom. The van der Waals surface area contributed by atoms with E-state index in [1.165, 1.54) is 44.4 Å². The molecule has 9 nitrogen and oxygen atoms in total. The number of benzene rings is 2. The summed E-state index contributed by atoms with van der Waals surface area (Å²) in [7, 11) is -2.81. The molecule has 0 saturated carbocycles. The van der Waals surface area contributed by atoms with E-state index in [1.54, 1.807) is 6.07 Å². The van der Waals surface area contributed by atoms with Crippen molar-refractivity contribution in [1.82, 2.24) is 0 Å². The lowest BCUT2D eigenvalue weighted by atomic mass is 10.2. The molecule has 0 amide bonds. The lowest BCUT2D eigenvalue weighted by molar-refractivity contribution is -0.149. The summed E-state index contributed by atoms with van der Waals surface area (Å²) in [5, 5.41) is 0. The molecule has 1 heterocycles. The molecule has 0 aliphatic carbocycles. The molecule has 148 valence electrons. The van der Waals surface area contributed by atoms with E-state index in [2.05, 4.69) is 9.46 Å². The number of hydrogen-bond acceptors (Lipinski definition) is 8. The molecule has 1 atom stereocenters. The molecule has 0 fully saturated rings. The van der Waals surface area contributed by atoms with Crippen LogP contribution in [0.3, 0.4) is 0 Å². The normalized spacial score (nSPS) is 13.5. The van der Waals surface area contributed by atoms with Crippen molar-refractivity contribution in [3.8, 4) is 11.5 Å². The van der Waals surface area contributed by atoms with Gasteiger partial charge in [0.15, 0.2) is 17.6 Å². The van der Waals surface area contributed by atoms with Gasteiger partial charge in [0.2, 0.25) is 6.79 Å². The summed E-state index contributed by atoms with van der Waals surface area (Å²) in [5.41, 5.74) is 0.251. The molecule has 0 aromatic heterocycles. The highest BCUT2D eigenvalue weighted by Crippen LogP contribution is 2.34. The highest BCUT2D eigenvalue weighted by molar-refractivity contribution is 7.92. The lowest BCUT2D eigenvalue weighted by Crippen LogP contribution is -2.25. The summed E-state index contributed by atoms with van der Waals surface area (Å²) >= 11 is 0. The molecular weight excluding hydrogens is 390 g/mol. The zero-order valence-electron chi connectivity index (χ0n) is 15.0. The van der Waals surface area contributed by atoms with Crippen molar-refractivity contribution in [1.29, 1.82) is 0 Å². The van der Waals surface area contributed by atoms with E-state index in [0.717, 1.165) is 6.07 Å². The Morgan fingerprint density at radius 3 is 2.61 bits per heavy atom. The maximum atomic E-state index is 12.6. The van der Waals surface area contributed by atoms with Crippen LogP contribution < -0.4 is 14.2 Å². The molecule has 0 radical (unpaired) electrons. The van der Waals surface area contributed by atoms with Gasteiger partial charge in [-0.2, -0.15) is 0 Å². The number of ether oxygens (including phenoxy) is 4. The van der Waals surface area contributed by atoms with Crippen molar-refractivity contribution in [3.05, 3.63) is 48.0 Å². The number of methoxy groups -OCH3 is 1. The van der Waals surface area contributed by atoms with Crippen LogP contribution in [0, 0.1) is 0 Å². The van der Waals surface area contributed by atoms with Crippen LogP contribution in [0.15, 0.2) is 47.4 Å². The first-order chi connectivity index (χ1) is 13.3. The Hall–Kier alpha value is -3.27. The quantitative estimate of drug-likeness (QED) is 0.722. The molecule has 0 saturated heterocycles. The SMILES string of the molecule is COC(=O)[C@@H](C)OC(=O)c1cccc(S(=O)(=O)Nc2ccc3c(c2)OCO3)c1. The largest absolute Gasteiger partial charge is 0.466 e. The van der Waals surface area contributed by atoms with Crippen LogP contribution in [0.1, 0.15) is 17.3 Å². The molecule has 0 spiro atoms. The van der Waals surface area contributed by atoms with E-state index >= 15 is 0 Å². The van der Waals surface area contributed by atoms with E-state index in [0.29, 0.717) is 11.5 Å². The summed E-state index contributed by atoms with van der Waals surface area (Å²) in [6.07, 6.45) is -1.12. The molecule has 0 unspecified atom stereocenters. The number of fused-ring (bicyclic) bond motifs is 1. The van der Waals surface area contributed by atoms with Gasteiger partial charge in [-0.05, 0) is 37.3 Å². The Kier molecular flexibility index (Phi) is 5.41. The van der Waals surface area contributed by atoms with E-state index < -0.39 is 28.1 Å². The zero-order chi connectivity index (χ0) is 20.3. The van der Waals surface area contributed by atoms with Crippen LogP contribution in [0.25, 0.3) is 0 Å². The van der Waals surface area contributed by atoms with Gasteiger partial charge in [0.05, 0.1) is 23.3 Å². The zero-order valence-corrected chi connectivity index (χ0v) is 15.8. The van der Waals surface area contributed by atoms with Gasteiger partial charge >= 0.3 is 11.9 Å². The van der Waals surface area contributed by atoms with Crippen molar-refractivity contribution in [2.75, 3.05) is 18.6 Å². The van der Waals surface area contributed by atoms with Gasteiger partial charge in [0.25, 0.3) is 10.0 Å². The second-order valence-electron chi connectivity index (χ2n) is 5.77. The number of esters is 2. The topological polar surface area (TPSA) is 117 Å². The van der Waals surface area contributed by atoms with E-state index in [-0.39, 0.29) is 22.9 Å². The predicted octanol–water partition coefficient (Wildman–Crippen LogP) is 1.93. The highest BCUT2D eigenvalue weighted by Gasteiger charge is 2.22. The van der Waals surface area contributed by atoms with Crippen LogP contribution in [-0.4, -0.2) is 40.4 Å². The van der Waals surface area contributed by atoms with Gasteiger partial charge in [0.1, 0.15) is 0 Å². The fourth-order valence-electron chi connectivity index (χ4n) is 2.41. The molecular formula is C18H17NO8S. The first-order valence-electron chi connectivity index (χ1n) is 8.11. The number of sulfonamides is 1. The second-order valence-corrected chi connectivity index (χ2v) is 7.45. The van der Waals surface area contributed by atoms with Gasteiger partial charge < -0.3 is 18.9 Å². The maximum Gasteiger partial charge on any atom is 0.346 e. The third-order valence-electron chi connectivity index (χ3n) is 3.82. The van der Waals surface area contributed by atoms with Crippen LogP contribution >= 0.6 is 0 Å². The Labute approximate surface area is 161 Å². The monoisotopic (exact) mass is 407 g/mol. The molecule has 1 aliphatic rings. The van der Waals surface area contributed by atoms with Gasteiger partial charge in [0, 0.05) is 6.07 Å². The van der Waals surface area contributed by atoms with Crippen molar-refractivity contribution < 1.29 is 37.0 Å². The predicted molar refractivity (Wildman–Crippen MR) is 96.7 cm³/mol. The van der Waals surface area contributed by atoms with Gasteiger partial charge in [-0.15, -0.1) is 0 Å². The fourth-order valence-corrected chi connectivity index (χ4v) is 3.50. The maximum absolute atomic E-state index is 12.6. The van der Waals surface area contributed by atoms with E-state index in [4.69, 9.17) is 14.2 Å². The minimum atomic E-state index is -3.98. The number of carbonyl (C=O) groups is 2. The first kappa shape index (κ1) is 19.5. The Morgan fingerprint density at radius 1 is 1.11 bits per heavy atom. The third kappa shape index (κ3) is 4.17. The van der Waals surface area contributed by atoms with E-state index in [9.17, 15) is 18.0 Å². The molecule has 10 heteroatoms. The molecule has 2 aromatic carbocycles. The summed E-state index contributed by atoms with van der Waals surface area (Å²) in [4.78, 5) is 23.4. The first-order valence-corrected chi connectivity index (χ1v) is 9.60. The van der Waals surface area contributed by atoms with Crippen molar-refractivity contribution >= 4 is 27.6 Å². The Balaban J connectivity index is 1.78. The highest BCUT2D eigenvalue weighted by atomic mass is 32.2. The van der Waals surface area contributed by atoms with Crippen LogP contribution in [-0.2, 0) is 24.3 Å². The summed E-state index contributed by atoms with van der Waals surface area (Å²) in [5.74, 6) is -0.624. The molecule has 2 aromatic rings.